The predicted molar refractivity (Wildman–Crippen MR) is 88.8 cm³/mol. The molecule has 2 aromatic rings. The summed E-state index contributed by atoms with van der Waals surface area (Å²) in [7, 11) is 0. The maximum absolute atomic E-state index is 12.1. The number of benzene rings is 1. The first-order chi connectivity index (χ1) is 10.6. The lowest BCUT2D eigenvalue weighted by molar-refractivity contribution is -0.117. The van der Waals surface area contributed by atoms with Crippen LogP contribution in [-0.2, 0) is 4.79 Å². The normalized spacial score (nSPS) is 23.8. The van der Waals surface area contributed by atoms with Gasteiger partial charge in [0.1, 0.15) is 5.82 Å². The number of anilines is 2. The molecule has 2 unspecified atom stereocenters. The van der Waals surface area contributed by atoms with Gasteiger partial charge in [0, 0.05) is 30.8 Å². The fraction of sp³-hybridized carbons (Fsp3) is 0.333. The molecule has 0 saturated carbocycles. The van der Waals surface area contributed by atoms with Gasteiger partial charge in [-0.3, -0.25) is 4.79 Å². The summed E-state index contributed by atoms with van der Waals surface area (Å²) in [5.74, 6) is 1.22. The summed E-state index contributed by atoms with van der Waals surface area (Å²) in [4.78, 5) is 18.3. The molecule has 1 N–H and O–H groups in total. The van der Waals surface area contributed by atoms with Crippen LogP contribution in [0, 0.1) is 5.92 Å². The third-order valence-corrected chi connectivity index (χ3v) is 4.53. The summed E-state index contributed by atoms with van der Waals surface area (Å²) in [6.45, 7) is 5.92. The van der Waals surface area contributed by atoms with Crippen LogP contribution in [0.5, 0.6) is 0 Å². The molecule has 0 spiro atoms. The molecule has 1 aromatic heterocycles. The Kier molecular flexibility index (Phi) is 3.84. The summed E-state index contributed by atoms with van der Waals surface area (Å²) >= 11 is 0. The smallest absolute Gasteiger partial charge is 0.224 e. The summed E-state index contributed by atoms with van der Waals surface area (Å²) < 4.78 is 0. The molecule has 22 heavy (non-hydrogen) atoms. The molecule has 0 aliphatic carbocycles. The van der Waals surface area contributed by atoms with Gasteiger partial charge >= 0.3 is 0 Å². The molecule has 1 amide bonds. The zero-order valence-electron chi connectivity index (χ0n) is 13.2. The Morgan fingerprint density at radius 1 is 1.14 bits per heavy atom. The van der Waals surface area contributed by atoms with Gasteiger partial charge in [-0.1, -0.05) is 31.2 Å². The first kappa shape index (κ1) is 14.6. The average molecular weight is 295 g/mol. The number of fused-ring (bicyclic) bond motifs is 1. The number of para-hydroxylation sites is 1. The highest BCUT2D eigenvalue weighted by Crippen LogP contribution is 2.41. The number of amides is 1. The van der Waals surface area contributed by atoms with Gasteiger partial charge in [0.25, 0.3) is 0 Å². The number of nitrogens with one attached hydrogen (secondary N) is 1. The highest BCUT2D eigenvalue weighted by Gasteiger charge is 2.37. The van der Waals surface area contributed by atoms with Crippen LogP contribution in [0.2, 0.25) is 0 Å². The van der Waals surface area contributed by atoms with Crippen LogP contribution < -0.4 is 10.2 Å². The van der Waals surface area contributed by atoms with E-state index in [1.54, 1.807) is 13.1 Å². The lowest BCUT2D eigenvalue weighted by Crippen LogP contribution is -2.48. The van der Waals surface area contributed by atoms with Crippen molar-refractivity contribution in [2.24, 2.45) is 5.92 Å². The Morgan fingerprint density at radius 2 is 1.86 bits per heavy atom. The molecule has 4 heteroatoms. The number of hydrogen-bond donors (Lipinski definition) is 1. The lowest BCUT2D eigenvalue weighted by atomic mass is 9.83. The van der Waals surface area contributed by atoms with E-state index in [2.05, 4.69) is 30.2 Å². The fourth-order valence-electron chi connectivity index (χ4n) is 3.26. The molecular formula is C18H21N3O. The molecule has 0 radical (unpaired) electrons. The van der Waals surface area contributed by atoms with Crippen LogP contribution in [-0.4, -0.2) is 16.9 Å². The standard InChI is InChI=1S/C18H21N3O/c1-12-13(2)21(14(3)22)16-9-5-4-8-15(16)18(12)20-17-10-6-7-11-19-17/h4-13,18H,1-3H3,(H,19,20)/t12?,13-,18?/m0/s1. The molecule has 3 rings (SSSR count). The number of carbonyl (C=O) groups is 1. The number of rotatable bonds is 2. The molecule has 114 valence electrons. The summed E-state index contributed by atoms with van der Waals surface area (Å²) in [5, 5.41) is 3.53. The van der Waals surface area contributed by atoms with E-state index in [1.807, 2.05) is 41.3 Å². The van der Waals surface area contributed by atoms with Crippen LogP contribution in [0.15, 0.2) is 48.7 Å². The molecule has 0 fully saturated rings. The lowest BCUT2D eigenvalue weighted by Gasteiger charge is -2.43. The topological polar surface area (TPSA) is 45.2 Å². The molecule has 1 aliphatic heterocycles. The number of aromatic nitrogens is 1. The first-order valence-electron chi connectivity index (χ1n) is 7.66. The molecule has 1 aromatic carbocycles. The second-order valence-electron chi connectivity index (χ2n) is 5.88. The Hall–Kier alpha value is -2.36. The summed E-state index contributed by atoms with van der Waals surface area (Å²) in [6, 6.07) is 14.2. The van der Waals surface area contributed by atoms with E-state index in [1.165, 1.54) is 0 Å². The van der Waals surface area contributed by atoms with Crippen LogP contribution in [0.4, 0.5) is 11.5 Å². The Labute approximate surface area is 131 Å². The van der Waals surface area contributed by atoms with E-state index in [0.717, 1.165) is 17.1 Å². The van der Waals surface area contributed by atoms with Crippen molar-refractivity contribution in [3.63, 3.8) is 0 Å². The van der Waals surface area contributed by atoms with Crippen molar-refractivity contribution in [2.75, 3.05) is 10.2 Å². The van der Waals surface area contributed by atoms with Gasteiger partial charge in [-0.05, 0) is 30.7 Å². The van der Waals surface area contributed by atoms with Crippen molar-refractivity contribution in [1.82, 2.24) is 4.98 Å². The highest BCUT2D eigenvalue weighted by atomic mass is 16.2. The molecule has 1 aliphatic rings. The van der Waals surface area contributed by atoms with Crippen molar-refractivity contribution in [2.45, 2.75) is 32.9 Å². The second kappa shape index (κ2) is 5.79. The molecule has 0 saturated heterocycles. The first-order valence-corrected chi connectivity index (χ1v) is 7.66. The number of nitrogens with zero attached hydrogens (tertiary/aromatic N) is 2. The van der Waals surface area contributed by atoms with Crippen LogP contribution in [0.1, 0.15) is 32.4 Å². The Balaban J connectivity index is 2.03. The van der Waals surface area contributed by atoms with Gasteiger partial charge in [-0.15, -0.1) is 0 Å². The van der Waals surface area contributed by atoms with E-state index in [-0.39, 0.29) is 23.9 Å². The minimum Gasteiger partial charge on any atom is -0.363 e. The molecular weight excluding hydrogens is 274 g/mol. The minimum absolute atomic E-state index is 0.0862. The zero-order chi connectivity index (χ0) is 15.7. The van der Waals surface area contributed by atoms with Crippen molar-refractivity contribution in [1.29, 1.82) is 0 Å². The number of pyridine rings is 1. The van der Waals surface area contributed by atoms with Crippen molar-refractivity contribution in [3.8, 4) is 0 Å². The van der Waals surface area contributed by atoms with Gasteiger partial charge in [-0.2, -0.15) is 0 Å². The van der Waals surface area contributed by atoms with E-state index < -0.39 is 0 Å². The Bertz CT molecular complexity index is 671. The monoisotopic (exact) mass is 295 g/mol. The quantitative estimate of drug-likeness (QED) is 0.920. The van der Waals surface area contributed by atoms with Gasteiger partial charge in [0.2, 0.25) is 5.91 Å². The third-order valence-electron chi connectivity index (χ3n) is 4.53. The fourth-order valence-corrected chi connectivity index (χ4v) is 3.26. The van der Waals surface area contributed by atoms with E-state index in [9.17, 15) is 4.79 Å². The minimum atomic E-state index is 0.0862. The van der Waals surface area contributed by atoms with Crippen molar-refractivity contribution >= 4 is 17.4 Å². The third kappa shape index (κ3) is 2.45. The van der Waals surface area contributed by atoms with Crippen LogP contribution in [0.3, 0.4) is 0 Å². The van der Waals surface area contributed by atoms with Gasteiger partial charge in [-0.25, -0.2) is 4.98 Å². The SMILES string of the molecule is CC(=O)N1c2ccccc2C(Nc2ccccn2)C(C)[C@@H]1C. The maximum atomic E-state index is 12.1. The number of hydrogen-bond acceptors (Lipinski definition) is 3. The summed E-state index contributed by atoms with van der Waals surface area (Å²) in [6.07, 6.45) is 1.78. The highest BCUT2D eigenvalue weighted by molar-refractivity contribution is 5.93. The molecule has 4 nitrogen and oxygen atoms in total. The van der Waals surface area contributed by atoms with Crippen LogP contribution >= 0.6 is 0 Å². The van der Waals surface area contributed by atoms with E-state index in [0.29, 0.717) is 0 Å². The zero-order valence-corrected chi connectivity index (χ0v) is 13.2. The number of carbonyl (C=O) groups excluding carboxylic acids is 1. The van der Waals surface area contributed by atoms with Gasteiger partial charge < -0.3 is 10.2 Å². The van der Waals surface area contributed by atoms with E-state index in [4.69, 9.17) is 0 Å². The van der Waals surface area contributed by atoms with Crippen molar-refractivity contribution in [3.05, 3.63) is 54.2 Å². The van der Waals surface area contributed by atoms with Gasteiger partial charge in [0.15, 0.2) is 0 Å². The molecule has 0 bridgehead atoms. The molecule has 3 atom stereocenters. The molecule has 2 heterocycles. The maximum Gasteiger partial charge on any atom is 0.224 e. The predicted octanol–water partition coefficient (Wildman–Crippen LogP) is 3.63. The average Bonchev–Trinajstić information content (AvgIpc) is 2.52. The van der Waals surface area contributed by atoms with Gasteiger partial charge in [0.05, 0.1) is 6.04 Å². The van der Waals surface area contributed by atoms with Crippen molar-refractivity contribution < 1.29 is 4.79 Å². The van der Waals surface area contributed by atoms with Crippen LogP contribution in [0.25, 0.3) is 0 Å². The summed E-state index contributed by atoms with van der Waals surface area (Å²) in [5.41, 5.74) is 2.14. The Morgan fingerprint density at radius 3 is 2.55 bits per heavy atom. The second-order valence-corrected chi connectivity index (χ2v) is 5.88. The van der Waals surface area contributed by atoms with E-state index >= 15 is 0 Å². The largest absolute Gasteiger partial charge is 0.363 e.